The van der Waals surface area contributed by atoms with Crippen molar-refractivity contribution < 1.29 is 22.6 Å². The fourth-order valence-corrected chi connectivity index (χ4v) is 1.90. The van der Waals surface area contributed by atoms with Crippen LogP contribution in [0.2, 0.25) is 0 Å². The Morgan fingerprint density at radius 3 is 2.44 bits per heavy atom. The molecule has 25 heavy (non-hydrogen) atoms. The molecule has 1 rings (SSSR count). The second-order valence-electron chi connectivity index (χ2n) is 4.82. The number of para-hydroxylation sites is 1. The molecule has 9 heteroatoms. The zero-order valence-electron chi connectivity index (χ0n) is 14.4. The Balaban J connectivity index is 0.00000576. The van der Waals surface area contributed by atoms with Gasteiger partial charge < -0.3 is 20.1 Å². The maximum Gasteiger partial charge on any atom is 0.419 e. The molecule has 0 saturated heterocycles. The molecule has 0 unspecified atom stereocenters. The molecule has 144 valence electrons. The third kappa shape index (κ3) is 9.73. The Kier molecular flexibility index (Phi) is 12.4. The van der Waals surface area contributed by atoms with E-state index in [-0.39, 0.29) is 36.3 Å². The van der Waals surface area contributed by atoms with Gasteiger partial charge in [0.05, 0.1) is 12.1 Å². The highest BCUT2D eigenvalue weighted by molar-refractivity contribution is 14.0. The maximum atomic E-state index is 12.8. The summed E-state index contributed by atoms with van der Waals surface area (Å²) in [5, 5.41) is 6.07. The first-order valence-corrected chi connectivity index (χ1v) is 7.80. The number of nitrogens with zero attached hydrogens (tertiary/aromatic N) is 1. The van der Waals surface area contributed by atoms with E-state index in [1.165, 1.54) is 18.2 Å². The largest absolute Gasteiger partial charge is 0.491 e. The van der Waals surface area contributed by atoms with Gasteiger partial charge in [0, 0.05) is 26.8 Å². The Morgan fingerprint density at radius 1 is 1.12 bits per heavy atom. The number of halogens is 4. The first-order chi connectivity index (χ1) is 11.5. The van der Waals surface area contributed by atoms with E-state index in [2.05, 4.69) is 15.6 Å². The summed E-state index contributed by atoms with van der Waals surface area (Å²) in [5.41, 5.74) is -0.775. The van der Waals surface area contributed by atoms with Crippen molar-refractivity contribution in [2.45, 2.75) is 19.5 Å². The number of guanidine groups is 1. The summed E-state index contributed by atoms with van der Waals surface area (Å²) in [6.45, 7) is 4.40. The number of nitrogens with one attached hydrogen (secondary N) is 2. The molecule has 0 aliphatic rings. The first kappa shape index (κ1) is 23.8. The SMILES string of the molecule is CCOCCCNC(=NC)NCCOc1ccccc1C(F)(F)F.I. The van der Waals surface area contributed by atoms with Crippen molar-refractivity contribution in [2.24, 2.45) is 4.99 Å². The van der Waals surface area contributed by atoms with Crippen LogP contribution in [-0.2, 0) is 10.9 Å². The van der Waals surface area contributed by atoms with Gasteiger partial charge in [-0.15, -0.1) is 24.0 Å². The lowest BCUT2D eigenvalue weighted by molar-refractivity contribution is -0.138. The predicted molar refractivity (Wildman–Crippen MR) is 103 cm³/mol. The van der Waals surface area contributed by atoms with Crippen LogP contribution in [-0.4, -0.2) is 45.9 Å². The van der Waals surface area contributed by atoms with E-state index >= 15 is 0 Å². The zero-order valence-corrected chi connectivity index (χ0v) is 16.7. The van der Waals surface area contributed by atoms with E-state index in [9.17, 15) is 13.2 Å². The fraction of sp³-hybridized carbons (Fsp3) is 0.562. The van der Waals surface area contributed by atoms with Crippen molar-refractivity contribution in [1.29, 1.82) is 0 Å². The monoisotopic (exact) mass is 475 g/mol. The number of ether oxygens (including phenoxy) is 2. The van der Waals surface area contributed by atoms with Gasteiger partial charge in [-0.3, -0.25) is 4.99 Å². The molecule has 5 nitrogen and oxygen atoms in total. The molecule has 2 N–H and O–H groups in total. The van der Waals surface area contributed by atoms with E-state index in [1.54, 1.807) is 7.05 Å². The summed E-state index contributed by atoms with van der Waals surface area (Å²) in [6.07, 6.45) is -3.59. The molecule has 1 aromatic carbocycles. The smallest absolute Gasteiger partial charge is 0.419 e. The molecular weight excluding hydrogens is 450 g/mol. The number of rotatable bonds is 9. The Bertz CT molecular complexity index is 514. The van der Waals surface area contributed by atoms with Gasteiger partial charge >= 0.3 is 6.18 Å². The standard InChI is InChI=1S/C16H24F3N3O2.HI/c1-3-23-11-6-9-21-15(20-2)22-10-12-24-14-8-5-4-7-13(14)16(17,18)19;/h4-5,7-8H,3,6,9-12H2,1-2H3,(H2,20,21,22);1H. The minimum absolute atomic E-state index is 0. The molecule has 0 saturated carbocycles. The summed E-state index contributed by atoms with van der Waals surface area (Å²) >= 11 is 0. The van der Waals surface area contributed by atoms with Crippen molar-refractivity contribution in [3.05, 3.63) is 29.8 Å². The molecule has 0 heterocycles. The third-order valence-electron chi connectivity index (χ3n) is 3.03. The Hall–Kier alpha value is -1.23. The summed E-state index contributed by atoms with van der Waals surface area (Å²) < 4.78 is 49.0. The number of alkyl halides is 3. The van der Waals surface area contributed by atoms with Gasteiger partial charge in [-0.2, -0.15) is 13.2 Å². The molecule has 0 fully saturated rings. The molecule has 1 aromatic rings. The predicted octanol–water partition coefficient (Wildman–Crippen LogP) is 3.29. The van der Waals surface area contributed by atoms with Crippen LogP contribution in [0.25, 0.3) is 0 Å². The normalized spacial score (nSPS) is 11.6. The molecule has 0 atom stereocenters. The van der Waals surface area contributed by atoms with Gasteiger partial charge in [0.1, 0.15) is 12.4 Å². The second kappa shape index (κ2) is 13.0. The van der Waals surface area contributed by atoms with Crippen LogP contribution in [0.1, 0.15) is 18.9 Å². The van der Waals surface area contributed by atoms with Crippen LogP contribution in [0.5, 0.6) is 5.75 Å². The highest BCUT2D eigenvalue weighted by atomic mass is 127. The molecule has 0 aromatic heterocycles. The van der Waals surface area contributed by atoms with Gasteiger partial charge in [-0.05, 0) is 25.5 Å². The lowest BCUT2D eigenvalue weighted by Gasteiger charge is -2.15. The number of hydrogen-bond donors (Lipinski definition) is 2. The molecule has 0 bridgehead atoms. The fourth-order valence-electron chi connectivity index (χ4n) is 1.90. The maximum absolute atomic E-state index is 12.8. The Labute approximate surface area is 163 Å². The summed E-state index contributed by atoms with van der Waals surface area (Å²) in [5.74, 6) is 0.394. The molecule has 0 aliphatic carbocycles. The van der Waals surface area contributed by atoms with E-state index in [0.717, 1.165) is 12.5 Å². The Morgan fingerprint density at radius 2 is 1.80 bits per heavy atom. The van der Waals surface area contributed by atoms with Crippen molar-refractivity contribution in [1.82, 2.24) is 10.6 Å². The van der Waals surface area contributed by atoms with Crippen LogP contribution in [0, 0.1) is 0 Å². The average Bonchev–Trinajstić information content (AvgIpc) is 2.56. The van der Waals surface area contributed by atoms with Crippen molar-refractivity contribution in [2.75, 3.05) is 40.0 Å². The topological polar surface area (TPSA) is 54.9 Å². The van der Waals surface area contributed by atoms with Crippen molar-refractivity contribution in [3.63, 3.8) is 0 Å². The zero-order chi connectivity index (χ0) is 17.8. The van der Waals surface area contributed by atoms with Crippen LogP contribution in [0.15, 0.2) is 29.3 Å². The number of hydrogen-bond acceptors (Lipinski definition) is 3. The summed E-state index contributed by atoms with van der Waals surface area (Å²) in [6, 6.07) is 5.16. The number of aliphatic imine (C=N–C) groups is 1. The quantitative estimate of drug-likeness (QED) is 0.249. The average molecular weight is 475 g/mol. The van der Waals surface area contributed by atoms with Gasteiger partial charge in [0.15, 0.2) is 5.96 Å². The second-order valence-corrected chi connectivity index (χ2v) is 4.82. The molecule has 0 radical (unpaired) electrons. The first-order valence-electron chi connectivity index (χ1n) is 7.80. The van der Waals surface area contributed by atoms with Gasteiger partial charge in [0.25, 0.3) is 0 Å². The van der Waals surface area contributed by atoms with E-state index in [4.69, 9.17) is 9.47 Å². The summed E-state index contributed by atoms with van der Waals surface area (Å²) in [4.78, 5) is 4.03. The van der Waals surface area contributed by atoms with Crippen LogP contribution in [0.4, 0.5) is 13.2 Å². The van der Waals surface area contributed by atoms with E-state index in [0.29, 0.717) is 32.3 Å². The lowest BCUT2D eigenvalue weighted by atomic mass is 10.2. The van der Waals surface area contributed by atoms with Gasteiger partial charge in [0.2, 0.25) is 0 Å². The van der Waals surface area contributed by atoms with Crippen molar-refractivity contribution in [3.8, 4) is 5.75 Å². The van der Waals surface area contributed by atoms with Crippen molar-refractivity contribution >= 4 is 29.9 Å². The lowest BCUT2D eigenvalue weighted by Crippen LogP contribution is -2.40. The van der Waals surface area contributed by atoms with E-state index in [1.807, 2.05) is 6.92 Å². The minimum Gasteiger partial charge on any atom is -0.491 e. The molecule has 0 spiro atoms. The highest BCUT2D eigenvalue weighted by Gasteiger charge is 2.33. The van der Waals surface area contributed by atoms with Crippen LogP contribution < -0.4 is 15.4 Å². The van der Waals surface area contributed by atoms with Gasteiger partial charge in [-0.1, -0.05) is 12.1 Å². The minimum atomic E-state index is -4.43. The van der Waals surface area contributed by atoms with Gasteiger partial charge in [-0.25, -0.2) is 0 Å². The number of benzene rings is 1. The van der Waals surface area contributed by atoms with Crippen LogP contribution >= 0.6 is 24.0 Å². The third-order valence-corrected chi connectivity index (χ3v) is 3.03. The van der Waals surface area contributed by atoms with Crippen LogP contribution in [0.3, 0.4) is 0 Å². The highest BCUT2D eigenvalue weighted by Crippen LogP contribution is 2.35. The molecule has 0 aliphatic heterocycles. The summed E-state index contributed by atoms with van der Waals surface area (Å²) in [7, 11) is 1.62. The molecule has 0 amide bonds. The molecular formula is C16H25F3IN3O2. The van der Waals surface area contributed by atoms with E-state index < -0.39 is 11.7 Å².